The van der Waals surface area contributed by atoms with E-state index in [2.05, 4.69) is 11.6 Å². The Hall–Kier alpha value is -1.20. The third-order valence-corrected chi connectivity index (χ3v) is 3.68. The SMILES string of the molecule is C=C1C(CO)C(O)C(F)C1n1cnc(C)c1C. The minimum atomic E-state index is -1.45. The normalized spacial score (nSPS) is 33.4. The summed E-state index contributed by atoms with van der Waals surface area (Å²) in [7, 11) is 0. The second-order valence-corrected chi connectivity index (χ2v) is 4.57. The lowest BCUT2D eigenvalue weighted by molar-refractivity contribution is 0.0422. The monoisotopic (exact) mass is 240 g/mol. The van der Waals surface area contributed by atoms with Crippen molar-refractivity contribution in [2.45, 2.75) is 32.2 Å². The number of aliphatic hydroxyl groups is 2. The average Bonchev–Trinajstić information content (AvgIpc) is 2.71. The molecule has 1 aliphatic rings. The van der Waals surface area contributed by atoms with Crippen molar-refractivity contribution in [2.75, 3.05) is 6.61 Å². The lowest BCUT2D eigenvalue weighted by Gasteiger charge is -2.18. The van der Waals surface area contributed by atoms with Crippen LogP contribution in [0.2, 0.25) is 0 Å². The molecule has 17 heavy (non-hydrogen) atoms. The van der Waals surface area contributed by atoms with Crippen molar-refractivity contribution in [3.8, 4) is 0 Å². The standard InChI is InChI=1S/C12H17FN2O2/c1-6-9(4-16)12(17)10(13)11(6)15-5-14-7(2)8(15)3/h5,9-12,16-17H,1,4H2,2-3H3. The molecule has 4 atom stereocenters. The van der Waals surface area contributed by atoms with Gasteiger partial charge in [0.2, 0.25) is 0 Å². The van der Waals surface area contributed by atoms with E-state index in [9.17, 15) is 9.50 Å². The van der Waals surface area contributed by atoms with Crippen LogP contribution in [0.25, 0.3) is 0 Å². The number of halogens is 1. The first kappa shape index (κ1) is 12.3. The lowest BCUT2D eigenvalue weighted by atomic mass is 10.0. The molecule has 0 spiro atoms. The first-order valence-corrected chi connectivity index (χ1v) is 5.60. The van der Waals surface area contributed by atoms with Crippen LogP contribution in [0.3, 0.4) is 0 Å². The van der Waals surface area contributed by atoms with Crippen LogP contribution in [0.15, 0.2) is 18.5 Å². The van der Waals surface area contributed by atoms with E-state index in [0.717, 1.165) is 11.4 Å². The highest BCUT2D eigenvalue weighted by molar-refractivity contribution is 5.25. The van der Waals surface area contributed by atoms with Crippen LogP contribution < -0.4 is 0 Å². The van der Waals surface area contributed by atoms with Gasteiger partial charge in [-0.05, 0) is 19.4 Å². The Labute approximate surface area is 99.4 Å². The molecular formula is C12H17FN2O2. The molecule has 0 saturated heterocycles. The molecule has 1 fully saturated rings. The van der Waals surface area contributed by atoms with Crippen molar-refractivity contribution in [1.29, 1.82) is 0 Å². The Morgan fingerprint density at radius 3 is 2.59 bits per heavy atom. The molecule has 4 nitrogen and oxygen atoms in total. The van der Waals surface area contributed by atoms with Crippen LogP contribution in [0.4, 0.5) is 4.39 Å². The van der Waals surface area contributed by atoms with Crippen LogP contribution in [0.5, 0.6) is 0 Å². The predicted octanol–water partition coefficient (Wildman–Crippen LogP) is 0.918. The molecule has 5 heteroatoms. The fourth-order valence-electron chi connectivity index (χ4n) is 2.41. The van der Waals surface area contributed by atoms with E-state index in [4.69, 9.17) is 5.11 Å². The van der Waals surface area contributed by atoms with Crippen LogP contribution >= 0.6 is 0 Å². The van der Waals surface area contributed by atoms with Gasteiger partial charge in [-0.1, -0.05) is 6.58 Å². The Kier molecular flexibility index (Phi) is 3.05. The predicted molar refractivity (Wildman–Crippen MR) is 61.4 cm³/mol. The van der Waals surface area contributed by atoms with Crippen LogP contribution in [0.1, 0.15) is 17.4 Å². The number of aliphatic hydroxyl groups excluding tert-OH is 2. The van der Waals surface area contributed by atoms with E-state index >= 15 is 0 Å². The number of aryl methyl sites for hydroxylation is 1. The largest absolute Gasteiger partial charge is 0.396 e. The van der Waals surface area contributed by atoms with Crippen LogP contribution in [0, 0.1) is 19.8 Å². The maximum Gasteiger partial charge on any atom is 0.151 e. The highest BCUT2D eigenvalue weighted by Gasteiger charge is 2.46. The van der Waals surface area contributed by atoms with Gasteiger partial charge in [0, 0.05) is 11.6 Å². The van der Waals surface area contributed by atoms with Gasteiger partial charge >= 0.3 is 0 Å². The molecule has 4 unspecified atom stereocenters. The number of hydrogen-bond acceptors (Lipinski definition) is 3. The molecule has 1 heterocycles. The van der Waals surface area contributed by atoms with Gasteiger partial charge in [0.1, 0.15) is 0 Å². The van der Waals surface area contributed by atoms with Crippen molar-refractivity contribution < 1.29 is 14.6 Å². The number of rotatable bonds is 2. The van der Waals surface area contributed by atoms with Crippen LogP contribution in [-0.4, -0.2) is 38.6 Å². The summed E-state index contributed by atoms with van der Waals surface area (Å²) in [6.45, 7) is 7.21. The molecule has 2 rings (SSSR count). The molecule has 1 saturated carbocycles. The van der Waals surface area contributed by atoms with Gasteiger partial charge in [0.25, 0.3) is 0 Å². The van der Waals surface area contributed by atoms with E-state index < -0.39 is 24.2 Å². The van der Waals surface area contributed by atoms with E-state index in [0.29, 0.717) is 5.57 Å². The molecule has 0 aromatic carbocycles. The second kappa shape index (κ2) is 4.23. The van der Waals surface area contributed by atoms with Gasteiger partial charge in [-0.2, -0.15) is 0 Å². The van der Waals surface area contributed by atoms with E-state index in [1.165, 1.54) is 0 Å². The Balaban J connectivity index is 2.40. The molecule has 2 N–H and O–H groups in total. The molecule has 0 bridgehead atoms. The second-order valence-electron chi connectivity index (χ2n) is 4.57. The lowest BCUT2D eigenvalue weighted by Crippen LogP contribution is -2.27. The minimum Gasteiger partial charge on any atom is -0.396 e. The van der Waals surface area contributed by atoms with E-state index in [1.807, 2.05) is 13.8 Å². The summed E-state index contributed by atoms with van der Waals surface area (Å²) < 4.78 is 15.8. The summed E-state index contributed by atoms with van der Waals surface area (Å²) in [5.74, 6) is -0.600. The topological polar surface area (TPSA) is 58.3 Å². The number of hydrogen-bond donors (Lipinski definition) is 2. The van der Waals surface area contributed by atoms with Gasteiger partial charge in [-0.15, -0.1) is 0 Å². The summed E-state index contributed by atoms with van der Waals surface area (Å²) in [6, 6.07) is -0.636. The summed E-state index contributed by atoms with van der Waals surface area (Å²) in [5, 5.41) is 18.9. The molecule has 1 aliphatic carbocycles. The van der Waals surface area contributed by atoms with Crippen molar-refractivity contribution >= 4 is 0 Å². The zero-order chi connectivity index (χ0) is 12.7. The molecule has 94 valence electrons. The van der Waals surface area contributed by atoms with Crippen molar-refractivity contribution in [1.82, 2.24) is 9.55 Å². The summed E-state index contributed by atoms with van der Waals surface area (Å²) >= 11 is 0. The minimum absolute atomic E-state index is 0.288. The maximum atomic E-state index is 14.1. The first-order chi connectivity index (χ1) is 7.99. The average molecular weight is 240 g/mol. The third kappa shape index (κ3) is 1.70. The van der Waals surface area contributed by atoms with Gasteiger partial charge in [-0.3, -0.25) is 0 Å². The van der Waals surface area contributed by atoms with Gasteiger partial charge in [-0.25, -0.2) is 9.37 Å². The number of aromatic nitrogens is 2. The molecule has 0 amide bonds. The zero-order valence-electron chi connectivity index (χ0n) is 9.97. The quantitative estimate of drug-likeness (QED) is 0.756. The van der Waals surface area contributed by atoms with E-state index in [1.54, 1.807) is 10.9 Å². The highest BCUT2D eigenvalue weighted by atomic mass is 19.1. The fraction of sp³-hybridized carbons (Fsp3) is 0.583. The highest BCUT2D eigenvalue weighted by Crippen LogP contribution is 2.41. The number of nitrogens with zero attached hydrogens (tertiary/aromatic N) is 2. The summed E-state index contributed by atoms with van der Waals surface area (Å²) in [6.07, 6.45) is -1.09. The Bertz CT molecular complexity index is 444. The van der Waals surface area contributed by atoms with Gasteiger partial charge in [0.05, 0.1) is 30.8 Å². The van der Waals surface area contributed by atoms with Gasteiger partial charge < -0.3 is 14.8 Å². The Morgan fingerprint density at radius 2 is 2.18 bits per heavy atom. The third-order valence-electron chi connectivity index (χ3n) is 3.68. The van der Waals surface area contributed by atoms with E-state index in [-0.39, 0.29) is 6.61 Å². The fourth-order valence-corrected chi connectivity index (χ4v) is 2.41. The zero-order valence-corrected chi connectivity index (χ0v) is 9.97. The smallest absolute Gasteiger partial charge is 0.151 e. The molecule has 0 radical (unpaired) electrons. The molecule has 1 aromatic rings. The molecule has 0 aliphatic heterocycles. The molecule has 1 aromatic heterocycles. The maximum absolute atomic E-state index is 14.1. The number of alkyl halides is 1. The molecular weight excluding hydrogens is 223 g/mol. The van der Waals surface area contributed by atoms with Crippen molar-refractivity contribution in [2.24, 2.45) is 5.92 Å². The Morgan fingerprint density at radius 1 is 1.53 bits per heavy atom. The summed E-state index contributed by atoms with van der Waals surface area (Å²) in [5.41, 5.74) is 2.20. The van der Waals surface area contributed by atoms with Crippen molar-refractivity contribution in [3.05, 3.63) is 29.9 Å². The van der Waals surface area contributed by atoms with Crippen molar-refractivity contribution in [3.63, 3.8) is 0 Å². The first-order valence-electron chi connectivity index (χ1n) is 5.60. The van der Waals surface area contributed by atoms with Gasteiger partial charge in [0.15, 0.2) is 6.17 Å². The number of imidazole rings is 1. The summed E-state index contributed by atoms with van der Waals surface area (Å²) in [4.78, 5) is 4.12. The van der Waals surface area contributed by atoms with Crippen LogP contribution in [-0.2, 0) is 0 Å².